The van der Waals surface area contributed by atoms with Crippen molar-refractivity contribution in [3.8, 4) is 5.75 Å². The summed E-state index contributed by atoms with van der Waals surface area (Å²) in [6.07, 6.45) is 3.77. The molecule has 5 heteroatoms. The molecule has 1 saturated heterocycles. The quantitative estimate of drug-likeness (QED) is 0.777. The van der Waals surface area contributed by atoms with Crippen molar-refractivity contribution < 1.29 is 5.11 Å². The van der Waals surface area contributed by atoms with Crippen molar-refractivity contribution in [3.63, 3.8) is 0 Å². The van der Waals surface area contributed by atoms with Crippen LogP contribution in [-0.4, -0.2) is 47.5 Å². The molecule has 1 aromatic heterocycles. The molecular weight excluding hydrogens is 360 g/mol. The van der Waals surface area contributed by atoms with Gasteiger partial charge in [-0.3, -0.25) is 5.01 Å². The number of hydrazone groups is 1. The maximum Gasteiger partial charge on any atom is 0.128 e. The minimum absolute atomic E-state index is 0.137. The molecule has 0 aliphatic carbocycles. The minimum atomic E-state index is -0.137. The number of anilines is 1. The van der Waals surface area contributed by atoms with Gasteiger partial charge in [-0.05, 0) is 40.7 Å². The minimum Gasteiger partial charge on any atom is -0.507 e. The molecule has 0 saturated carbocycles. The summed E-state index contributed by atoms with van der Waals surface area (Å²) in [7, 11) is 0. The van der Waals surface area contributed by atoms with Gasteiger partial charge in [0.1, 0.15) is 11.6 Å². The number of aromatic hydroxyl groups is 1. The van der Waals surface area contributed by atoms with E-state index in [4.69, 9.17) is 5.10 Å². The topological polar surface area (TPSA) is 52.0 Å². The molecule has 2 aromatic rings. The number of rotatable bonds is 3. The van der Waals surface area contributed by atoms with Gasteiger partial charge in [-0.1, -0.05) is 47.6 Å². The SMILES string of the molecule is CC(C)(C)c1cc(/C=N/N2CCN(c3ccccn3)CC2)cc(C(C)(C)C)c1O. The molecule has 5 nitrogen and oxygen atoms in total. The predicted octanol–water partition coefficient (Wildman–Crippen LogP) is 4.54. The largest absolute Gasteiger partial charge is 0.507 e. The van der Waals surface area contributed by atoms with Crippen LogP contribution in [0.5, 0.6) is 5.75 Å². The van der Waals surface area contributed by atoms with E-state index in [1.807, 2.05) is 24.5 Å². The Bertz CT molecular complexity index is 820. The summed E-state index contributed by atoms with van der Waals surface area (Å²) in [5.41, 5.74) is 2.69. The molecule has 1 fully saturated rings. The van der Waals surface area contributed by atoms with E-state index in [-0.39, 0.29) is 10.8 Å². The molecule has 2 heterocycles. The van der Waals surface area contributed by atoms with Crippen LogP contribution in [0, 0.1) is 0 Å². The number of piperazine rings is 1. The average Bonchev–Trinajstić information content (AvgIpc) is 2.66. The molecule has 0 atom stereocenters. The van der Waals surface area contributed by atoms with Crippen LogP contribution in [0.2, 0.25) is 0 Å². The third-order valence-electron chi connectivity index (χ3n) is 5.35. The van der Waals surface area contributed by atoms with Crippen LogP contribution in [0.3, 0.4) is 0 Å². The third kappa shape index (κ3) is 5.08. The van der Waals surface area contributed by atoms with Gasteiger partial charge in [-0.2, -0.15) is 5.10 Å². The van der Waals surface area contributed by atoms with Crippen LogP contribution in [0.25, 0.3) is 0 Å². The molecule has 156 valence electrons. The number of phenolic OH excluding ortho intramolecular Hbond substituents is 1. The Kier molecular flexibility index (Phi) is 5.87. The molecule has 1 aliphatic rings. The first-order valence-corrected chi connectivity index (χ1v) is 10.4. The predicted molar refractivity (Wildman–Crippen MR) is 121 cm³/mol. The Morgan fingerprint density at radius 3 is 2.00 bits per heavy atom. The summed E-state index contributed by atoms with van der Waals surface area (Å²) >= 11 is 0. The number of benzene rings is 1. The Balaban J connectivity index is 1.77. The van der Waals surface area contributed by atoms with Crippen LogP contribution in [0.1, 0.15) is 58.2 Å². The molecule has 1 N–H and O–H groups in total. The zero-order chi connectivity index (χ0) is 21.2. The fourth-order valence-corrected chi connectivity index (χ4v) is 3.60. The van der Waals surface area contributed by atoms with Gasteiger partial charge in [-0.15, -0.1) is 0 Å². The smallest absolute Gasteiger partial charge is 0.128 e. The first kappa shape index (κ1) is 21.2. The monoisotopic (exact) mass is 394 g/mol. The summed E-state index contributed by atoms with van der Waals surface area (Å²) < 4.78 is 0. The standard InChI is InChI=1S/C24H34N4O/c1-23(2,3)19-15-18(16-20(22(19)29)24(4,5)6)17-26-28-13-11-27(12-14-28)21-9-7-8-10-25-21/h7-10,15-17,29H,11-14H2,1-6H3/b26-17+. The van der Waals surface area contributed by atoms with Crippen molar-refractivity contribution in [3.05, 3.63) is 53.2 Å². The number of aromatic nitrogens is 1. The highest BCUT2D eigenvalue weighted by molar-refractivity contribution is 5.81. The third-order valence-corrected chi connectivity index (χ3v) is 5.35. The average molecular weight is 395 g/mol. The number of hydrogen-bond donors (Lipinski definition) is 1. The van der Waals surface area contributed by atoms with E-state index < -0.39 is 0 Å². The lowest BCUT2D eigenvalue weighted by molar-refractivity contribution is 0.271. The van der Waals surface area contributed by atoms with Crippen LogP contribution in [0.15, 0.2) is 41.6 Å². The van der Waals surface area contributed by atoms with E-state index in [0.29, 0.717) is 5.75 Å². The van der Waals surface area contributed by atoms with Gasteiger partial charge in [0.05, 0.1) is 19.3 Å². The van der Waals surface area contributed by atoms with Gasteiger partial charge >= 0.3 is 0 Å². The maximum atomic E-state index is 10.9. The normalized spacial score (nSPS) is 15.9. The molecule has 0 amide bonds. The zero-order valence-corrected chi connectivity index (χ0v) is 18.6. The summed E-state index contributed by atoms with van der Waals surface area (Å²) in [5.74, 6) is 1.44. The molecule has 0 radical (unpaired) electrons. The second-order valence-electron chi connectivity index (χ2n) is 9.84. The fourth-order valence-electron chi connectivity index (χ4n) is 3.60. The first-order valence-electron chi connectivity index (χ1n) is 10.4. The van der Waals surface area contributed by atoms with Gasteiger partial charge < -0.3 is 10.0 Å². The number of nitrogens with zero attached hydrogens (tertiary/aromatic N) is 4. The molecule has 1 aliphatic heterocycles. The van der Waals surface area contributed by atoms with E-state index in [1.165, 1.54) is 0 Å². The molecule has 3 rings (SSSR count). The van der Waals surface area contributed by atoms with Crippen molar-refractivity contribution in [1.82, 2.24) is 9.99 Å². The molecule has 0 unspecified atom stereocenters. The van der Waals surface area contributed by atoms with Crippen molar-refractivity contribution in [2.45, 2.75) is 52.4 Å². The van der Waals surface area contributed by atoms with Crippen LogP contribution >= 0.6 is 0 Å². The summed E-state index contributed by atoms with van der Waals surface area (Å²) in [6, 6.07) is 10.2. The summed E-state index contributed by atoms with van der Waals surface area (Å²) in [4.78, 5) is 6.73. The lowest BCUT2D eigenvalue weighted by atomic mass is 9.78. The Hall–Kier alpha value is -2.56. The highest BCUT2D eigenvalue weighted by Crippen LogP contribution is 2.39. The maximum absolute atomic E-state index is 10.9. The molecule has 0 bridgehead atoms. The van der Waals surface area contributed by atoms with E-state index in [2.05, 4.69) is 74.6 Å². The lowest BCUT2D eigenvalue weighted by Crippen LogP contribution is -2.44. The summed E-state index contributed by atoms with van der Waals surface area (Å²) in [6.45, 7) is 16.3. The molecule has 1 aromatic carbocycles. The first-order chi connectivity index (χ1) is 13.6. The van der Waals surface area contributed by atoms with Crippen molar-refractivity contribution in [2.24, 2.45) is 5.10 Å². The van der Waals surface area contributed by atoms with E-state index in [1.54, 1.807) is 0 Å². The Morgan fingerprint density at radius 1 is 0.931 bits per heavy atom. The zero-order valence-electron chi connectivity index (χ0n) is 18.6. The van der Waals surface area contributed by atoms with Gasteiger partial charge in [0.15, 0.2) is 0 Å². The van der Waals surface area contributed by atoms with Gasteiger partial charge in [0.25, 0.3) is 0 Å². The summed E-state index contributed by atoms with van der Waals surface area (Å²) in [5, 5.41) is 17.7. The molecular formula is C24H34N4O. The highest BCUT2D eigenvalue weighted by atomic mass is 16.3. The Labute approximate surface area is 175 Å². The number of pyridine rings is 1. The van der Waals surface area contributed by atoms with E-state index in [0.717, 1.165) is 48.7 Å². The molecule has 29 heavy (non-hydrogen) atoms. The van der Waals surface area contributed by atoms with Crippen LogP contribution in [-0.2, 0) is 10.8 Å². The van der Waals surface area contributed by atoms with Crippen LogP contribution in [0.4, 0.5) is 5.82 Å². The van der Waals surface area contributed by atoms with Gasteiger partial charge in [0.2, 0.25) is 0 Å². The van der Waals surface area contributed by atoms with Crippen molar-refractivity contribution in [1.29, 1.82) is 0 Å². The van der Waals surface area contributed by atoms with Crippen molar-refractivity contribution >= 4 is 12.0 Å². The van der Waals surface area contributed by atoms with Crippen LogP contribution < -0.4 is 4.90 Å². The number of hydrogen-bond acceptors (Lipinski definition) is 5. The van der Waals surface area contributed by atoms with Crippen molar-refractivity contribution in [2.75, 3.05) is 31.1 Å². The van der Waals surface area contributed by atoms with E-state index in [9.17, 15) is 5.11 Å². The second kappa shape index (κ2) is 8.05. The van der Waals surface area contributed by atoms with E-state index >= 15 is 0 Å². The fraction of sp³-hybridized carbons (Fsp3) is 0.500. The Morgan fingerprint density at radius 2 is 1.52 bits per heavy atom. The lowest BCUT2D eigenvalue weighted by Gasteiger charge is -2.33. The van der Waals surface area contributed by atoms with Gasteiger partial charge in [0, 0.05) is 30.4 Å². The second-order valence-corrected chi connectivity index (χ2v) is 9.84. The molecule has 0 spiro atoms. The number of phenols is 1. The highest BCUT2D eigenvalue weighted by Gasteiger charge is 2.26. The van der Waals surface area contributed by atoms with Gasteiger partial charge in [-0.25, -0.2) is 4.98 Å².